The molecule has 14 heavy (non-hydrogen) atoms. The van der Waals surface area contributed by atoms with Crippen molar-refractivity contribution in [3.05, 3.63) is 0 Å². The van der Waals surface area contributed by atoms with Crippen LogP contribution in [0.4, 0.5) is 0 Å². The number of rotatable bonds is 5. The third-order valence-electron chi connectivity index (χ3n) is 1.13. The Bertz CT molecular complexity index is 247. The first-order valence-electron chi connectivity index (χ1n) is 3.22. The Morgan fingerprint density at radius 1 is 0.857 bits per heavy atom. The summed E-state index contributed by atoms with van der Waals surface area (Å²) in [4.78, 5) is 0. The summed E-state index contributed by atoms with van der Waals surface area (Å²) in [6, 6.07) is 0. The van der Waals surface area contributed by atoms with Crippen molar-refractivity contribution in [3.8, 4) is 0 Å². The highest BCUT2D eigenvalue weighted by molar-refractivity contribution is 8.76. The Labute approximate surface area is 90.8 Å². The van der Waals surface area contributed by atoms with Crippen LogP contribution in [0.5, 0.6) is 0 Å². The van der Waals surface area contributed by atoms with Gasteiger partial charge in [0.15, 0.2) is 0 Å². The second-order valence-electron chi connectivity index (χ2n) is 2.42. The molecule has 12 heteroatoms. The Kier molecular flexibility index (Phi) is 5.66. The summed E-state index contributed by atoms with van der Waals surface area (Å²) in [5.74, 6) is 0. The molecule has 86 valence electrons. The first kappa shape index (κ1) is 14.9. The molecule has 0 fully saturated rings. The summed E-state index contributed by atoms with van der Waals surface area (Å²) in [5.41, 5.74) is 20.6. The molecule has 0 aliphatic rings. The smallest absolute Gasteiger partial charge is 0.270 e. The van der Waals surface area contributed by atoms with Crippen LogP contribution in [0.15, 0.2) is 0 Å². The van der Waals surface area contributed by atoms with Crippen LogP contribution in [0.3, 0.4) is 0 Å². The topological polar surface area (TPSA) is 145 Å². The Hall–Kier alpha value is 0.920. The Morgan fingerprint density at radius 3 is 1.21 bits per heavy atom. The SMILES string of the molecule is CN(SSN(C)P(N)(N)=O)P(N)(N)=O. The van der Waals surface area contributed by atoms with Gasteiger partial charge in [-0.05, 0) is 0 Å². The molecule has 0 aromatic carbocycles. The van der Waals surface area contributed by atoms with Crippen molar-refractivity contribution in [2.45, 2.75) is 0 Å². The Balaban J connectivity index is 4.09. The summed E-state index contributed by atoms with van der Waals surface area (Å²) < 4.78 is 24.5. The lowest BCUT2D eigenvalue weighted by molar-refractivity contribution is 0.551. The van der Waals surface area contributed by atoms with Crippen LogP contribution < -0.4 is 22.0 Å². The van der Waals surface area contributed by atoms with E-state index in [1.54, 1.807) is 0 Å². The summed E-state index contributed by atoms with van der Waals surface area (Å²) >= 11 is 0. The first-order chi connectivity index (χ1) is 6.05. The average Bonchev–Trinajstić information content (AvgIpc) is 1.95. The van der Waals surface area contributed by atoms with E-state index in [-0.39, 0.29) is 0 Å². The van der Waals surface area contributed by atoms with Crippen molar-refractivity contribution < 1.29 is 9.13 Å². The van der Waals surface area contributed by atoms with E-state index >= 15 is 0 Å². The van der Waals surface area contributed by atoms with E-state index in [9.17, 15) is 9.13 Å². The lowest BCUT2D eigenvalue weighted by Crippen LogP contribution is -2.21. The average molecular weight is 280 g/mol. The summed E-state index contributed by atoms with van der Waals surface area (Å²) in [6.07, 6.45) is 0. The monoisotopic (exact) mass is 280 g/mol. The highest BCUT2D eigenvalue weighted by Gasteiger charge is 2.22. The number of nitrogens with zero attached hydrogens (tertiary/aromatic N) is 2. The van der Waals surface area contributed by atoms with Crippen molar-refractivity contribution in [1.82, 2.24) is 8.15 Å². The van der Waals surface area contributed by atoms with Gasteiger partial charge in [-0.1, -0.05) is 0 Å². The molecule has 0 radical (unpaired) electrons. The van der Waals surface area contributed by atoms with E-state index < -0.39 is 15.2 Å². The van der Waals surface area contributed by atoms with Gasteiger partial charge in [0.2, 0.25) is 0 Å². The zero-order chi connectivity index (χ0) is 11.6. The van der Waals surface area contributed by atoms with Crippen LogP contribution >= 0.6 is 37.1 Å². The molecule has 0 heterocycles. The standard InChI is InChI=1S/C2H14N6O2P2S2/c1-7(11(3,4)9)13-14-8(2)12(5,6)10/h1-2H3,(H4,3,4,9)(H4,5,6,10). The zero-order valence-electron chi connectivity index (χ0n) is 7.73. The van der Waals surface area contributed by atoms with Crippen LogP contribution in [0, 0.1) is 0 Å². The maximum absolute atomic E-state index is 11.1. The molecule has 0 aliphatic heterocycles. The lowest BCUT2D eigenvalue weighted by Gasteiger charge is -2.22. The van der Waals surface area contributed by atoms with Crippen molar-refractivity contribution in [2.75, 3.05) is 14.1 Å². The predicted molar refractivity (Wildman–Crippen MR) is 62.7 cm³/mol. The molecular weight excluding hydrogens is 266 g/mol. The van der Waals surface area contributed by atoms with E-state index in [0.717, 1.165) is 30.1 Å². The summed E-state index contributed by atoms with van der Waals surface area (Å²) in [7, 11) is -1.78. The van der Waals surface area contributed by atoms with E-state index in [1.165, 1.54) is 14.1 Å². The van der Waals surface area contributed by atoms with Crippen LogP contribution in [0.1, 0.15) is 0 Å². The van der Waals surface area contributed by atoms with Gasteiger partial charge in [0.1, 0.15) is 0 Å². The largest absolute Gasteiger partial charge is 0.286 e. The van der Waals surface area contributed by atoms with Gasteiger partial charge in [0.05, 0.1) is 0 Å². The number of hydrogen-bond donors (Lipinski definition) is 4. The highest BCUT2D eigenvalue weighted by atomic mass is 33.1. The molecule has 8 nitrogen and oxygen atoms in total. The second-order valence-corrected chi connectivity index (χ2v) is 9.14. The van der Waals surface area contributed by atoms with Gasteiger partial charge in [0.25, 0.3) is 15.2 Å². The van der Waals surface area contributed by atoms with Gasteiger partial charge >= 0.3 is 0 Å². The molecule has 8 N–H and O–H groups in total. The maximum Gasteiger partial charge on any atom is 0.286 e. The molecule has 0 amide bonds. The minimum Gasteiger partial charge on any atom is -0.270 e. The minimum absolute atomic E-state index is 0.949. The third kappa shape index (κ3) is 5.72. The zero-order valence-corrected chi connectivity index (χ0v) is 11.2. The van der Waals surface area contributed by atoms with Crippen LogP contribution in [-0.2, 0) is 9.13 Å². The highest BCUT2D eigenvalue weighted by Crippen LogP contribution is 2.47. The molecule has 0 rings (SSSR count). The molecule has 0 aromatic heterocycles. The predicted octanol–water partition coefficient (Wildman–Crippen LogP) is 0.112. The van der Waals surface area contributed by atoms with Gasteiger partial charge in [-0.25, -0.2) is 0 Å². The quantitative estimate of drug-likeness (QED) is 0.311. The molecule has 0 atom stereocenters. The fourth-order valence-corrected chi connectivity index (χ4v) is 4.22. The molecule has 0 spiro atoms. The van der Waals surface area contributed by atoms with Crippen LogP contribution in [0.25, 0.3) is 0 Å². The number of nitrogens with two attached hydrogens (primary N) is 4. The first-order valence-corrected chi connectivity index (χ1v) is 8.88. The Morgan fingerprint density at radius 2 is 1.07 bits per heavy atom. The summed E-state index contributed by atoms with van der Waals surface area (Å²) in [6.45, 7) is 0. The van der Waals surface area contributed by atoms with Gasteiger partial charge in [0, 0.05) is 36.1 Å². The molecule has 0 saturated carbocycles. The van der Waals surface area contributed by atoms with E-state index in [1.807, 2.05) is 0 Å². The van der Waals surface area contributed by atoms with Crippen LogP contribution in [-0.4, -0.2) is 22.2 Å². The minimum atomic E-state index is -3.29. The van der Waals surface area contributed by atoms with E-state index in [0.29, 0.717) is 0 Å². The fraction of sp³-hybridized carbons (Fsp3) is 1.00. The lowest BCUT2D eigenvalue weighted by atomic mass is 11.6. The molecule has 0 aliphatic carbocycles. The molecule has 0 aromatic rings. The van der Waals surface area contributed by atoms with E-state index in [4.69, 9.17) is 22.0 Å². The van der Waals surface area contributed by atoms with E-state index in [2.05, 4.69) is 0 Å². The molecular formula is C2H14N6O2P2S2. The van der Waals surface area contributed by atoms with Crippen LogP contribution in [0.2, 0.25) is 0 Å². The molecule has 0 unspecified atom stereocenters. The van der Waals surface area contributed by atoms with Crippen molar-refractivity contribution in [3.63, 3.8) is 0 Å². The van der Waals surface area contributed by atoms with Gasteiger partial charge in [-0.2, -0.15) is 8.15 Å². The summed E-state index contributed by atoms with van der Waals surface area (Å²) in [5, 5.41) is 0. The van der Waals surface area contributed by atoms with Crippen molar-refractivity contribution >= 4 is 37.1 Å². The van der Waals surface area contributed by atoms with Gasteiger partial charge in [-0.15, -0.1) is 0 Å². The van der Waals surface area contributed by atoms with Gasteiger partial charge < -0.3 is 0 Å². The molecule has 0 saturated heterocycles. The van der Waals surface area contributed by atoms with Gasteiger partial charge in [-0.3, -0.25) is 31.1 Å². The fourth-order valence-electron chi connectivity index (χ4n) is 0.201. The maximum atomic E-state index is 11.1. The number of hydrogen-bond acceptors (Lipinski definition) is 4. The molecule has 0 bridgehead atoms. The third-order valence-corrected chi connectivity index (χ3v) is 7.61. The van der Waals surface area contributed by atoms with Crippen molar-refractivity contribution in [2.24, 2.45) is 22.0 Å². The normalized spacial score (nSPS) is 14.0. The second kappa shape index (κ2) is 5.31. The van der Waals surface area contributed by atoms with Crippen molar-refractivity contribution in [1.29, 1.82) is 0 Å².